The first-order valence-corrected chi connectivity index (χ1v) is 7.54. The van der Waals surface area contributed by atoms with Crippen LogP contribution in [0.2, 0.25) is 0 Å². The van der Waals surface area contributed by atoms with Gasteiger partial charge in [-0.1, -0.05) is 18.2 Å². The summed E-state index contributed by atoms with van der Waals surface area (Å²) >= 11 is 0. The lowest BCUT2D eigenvalue weighted by atomic mass is 10.2. The lowest BCUT2D eigenvalue weighted by Gasteiger charge is -2.24. The summed E-state index contributed by atoms with van der Waals surface area (Å²) in [5, 5.41) is 11.0. The molecule has 0 fully saturated rings. The van der Waals surface area contributed by atoms with E-state index in [4.69, 9.17) is 15.2 Å². The summed E-state index contributed by atoms with van der Waals surface area (Å²) < 4.78 is 9.92. The van der Waals surface area contributed by atoms with Crippen molar-refractivity contribution in [1.29, 1.82) is 0 Å². The molecule has 2 N–H and O–H groups in total. The van der Waals surface area contributed by atoms with Crippen LogP contribution in [0.3, 0.4) is 0 Å². The lowest BCUT2D eigenvalue weighted by Crippen LogP contribution is -2.29. The molecule has 1 amide bonds. The summed E-state index contributed by atoms with van der Waals surface area (Å²) in [7, 11) is 1.59. The van der Waals surface area contributed by atoms with Gasteiger partial charge in [0.25, 0.3) is 5.69 Å². The monoisotopic (exact) mass is 345 g/mol. The van der Waals surface area contributed by atoms with Gasteiger partial charge < -0.3 is 20.1 Å². The number of nitrogens with zero attached hydrogens (tertiary/aromatic N) is 2. The normalized spacial score (nSPS) is 10.1. The van der Waals surface area contributed by atoms with E-state index in [-0.39, 0.29) is 12.3 Å². The van der Waals surface area contributed by atoms with Gasteiger partial charge in [-0.2, -0.15) is 0 Å². The summed E-state index contributed by atoms with van der Waals surface area (Å²) in [6.07, 6.45) is -0.858. The quantitative estimate of drug-likeness (QED) is 0.582. The Hall–Kier alpha value is -3.29. The van der Waals surface area contributed by atoms with Crippen molar-refractivity contribution in [2.24, 2.45) is 5.73 Å². The first-order valence-electron chi connectivity index (χ1n) is 7.54. The molecule has 0 saturated heterocycles. The molecular formula is C17H19N3O5. The second-order valence-corrected chi connectivity index (χ2v) is 5.21. The molecule has 8 nitrogen and oxygen atoms in total. The van der Waals surface area contributed by atoms with Crippen molar-refractivity contribution in [3.63, 3.8) is 0 Å². The highest BCUT2D eigenvalue weighted by molar-refractivity contribution is 5.64. The number of hydrogen-bond donors (Lipinski definition) is 1. The van der Waals surface area contributed by atoms with Gasteiger partial charge in [-0.05, 0) is 23.8 Å². The van der Waals surface area contributed by atoms with Gasteiger partial charge in [0.05, 0.1) is 18.6 Å². The Morgan fingerprint density at radius 2 is 1.96 bits per heavy atom. The number of ether oxygens (including phenoxy) is 2. The van der Waals surface area contributed by atoms with E-state index in [0.717, 1.165) is 11.3 Å². The minimum atomic E-state index is -0.858. The molecule has 0 aliphatic carbocycles. The molecular weight excluding hydrogens is 326 g/mol. The number of benzene rings is 2. The van der Waals surface area contributed by atoms with Crippen LogP contribution < -0.4 is 15.4 Å². The van der Waals surface area contributed by atoms with Crippen LogP contribution in [-0.2, 0) is 11.3 Å². The molecule has 132 valence electrons. The van der Waals surface area contributed by atoms with Crippen LogP contribution >= 0.6 is 0 Å². The zero-order valence-corrected chi connectivity index (χ0v) is 13.8. The van der Waals surface area contributed by atoms with Crippen LogP contribution in [0.5, 0.6) is 5.75 Å². The Morgan fingerprint density at radius 1 is 1.24 bits per heavy atom. The number of rotatable bonds is 8. The van der Waals surface area contributed by atoms with Gasteiger partial charge in [0.2, 0.25) is 0 Å². The van der Waals surface area contributed by atoms with Crippen LogP contribution in [0.25, 0.3) is 0 Å². The van der Waals surface area contributed by atoms with Gasteiger partial charge in [0.1, 0.15) is 12.4 Å². The second-order valence-electron chi connectivity index (χ2n) is 5.21. The van der Waals surface area contributed by atoms with Crippen LogP contribution in [0.15, 0.2) is 48.5 Å². The zero-order chi connectivity index (χ0) is 18.2. The van der Waals surface area contributed by atoms with Gasteiger partial charge in [-0.3, -0.25) is 10.1 Å². The lowest BCUT2D eigenvalue weighted by molar-refractivity contribution is -0.384. The van der Waals surface area contributed by atoms with E-state index >= 15 is 0 Å². The number of nitrogens with two attached hydrogens (primary N) is 1. The fraction of sp³-hybridized carbons (Fsp3) is 0.235. The summed E-state index contributed by atoms with van der Waals surface area (Å²) in [5.41, 5.74) is 6.61. The average Bonchev–Trinajstić information content (AvgIpc) is 2.61. The van der Waals surface area contributed by atoms with E-state index in [1.54, 1.807) is 19.2 Å². The third-order valence-corrected chi connectivity index (χ3v) is 3.54. The minimum absolute atomic E-state index is 0.00643. The van der Waals surface area contributed by atoms with Crippen LogP contribution in [0.4, 0.5) is 16.2 Å². The largest absolute Gasteiger partial charge is 0.497 e. The van der Waals surface area contributed by atoms with Crippen molar-refractivity contribution >= 4 is 17.5 Å². The summed E-state index contributed by atoms with van der Waals surface area (Å²) in [6.45, 7) is 0.900. The molecule has 2 rings (SSSR count). The number of non-ortho nitro benzene ring substituents is 1. The average molecular weight is 345 g/mol. The van der Waals surface area contributed by atoms with Gasteiger partial charge in [0, 0.05) is 24.4 Å². The number of methoxy groups -OCH3 is 1. The maximum atomic E-state index is 11.0. The topological polar surface area (TPSA) is 108 Å². The van der Waals surface area contributed by atoms with Gasteiger partial charge in [-0.25, -0.2) is 4.79 Å². The molecule has 0 spiro atoms. The van der Waals surface area contributed by atoms with Crippen molar-refractivity contribution in [2.75, 3.05) is 25.2 Å². The Balaban J connectivity index is 2.20. The van der Waals surface area contributed by atoms with Crippen LogP contribution in [0, 0.1) is 10.1 Å². The zero-order valence-electron chi connectivity index (χ0n) is 13.8. The third-order valence-electron chi connectivity index (χ3n) is 3.54. The van der Waals surface area contributed by atoms with E-state index in [1.807, 2.05) is 29.2 Å². The number of nitro benzene ring substituents is 1. The maximum absolute atomic E-state index is 11.0. The number of hydrogen-bond acceptors (Lipinski definition) is 6. The first kappa shape index (κ1) is 18.1. The van der Waals surface area contributed by atoms with Crippen LogP contribution in [-0.4, -0.2) is 31.3 Å². The highest BCUT2D eigenvalue weighted by Gasteiger charge is 2.13. The van der Waals surface area contributed by atoms with Gasteiger partial charge in [-0.15, -0.1) is 0 Å². The number of nitro groups is 1. The second kappa shape index (κ2) is 8.53. The SMILES string of the molecule is COc1ccc(CN(CCOC(N)=O)c2cccc([N+](=O)[O-])c2)cc1. The van der Waals surface area contributed by atoms with Crippen molar-refractivity contribution in [3.8, 4) is 5.75 Å². The smallest absolute Gasteiger partial charge is 0.404 e. The molecule has 0 unspecified atom stereocenters. The third kappa shape index (κ3) is 5.38. The van der Waals surface area contributed by atoms with Crippen molar-refractivity contribution < 1.29 is 19.2 Å². The first-order chi connectivity index (χ1) is 12.0. The molecule has 8 heteroatoms. The highest BCUT2D eigenvalue weighted by atomic mass is 16.6. The molecule has 0 heterocycles. The van der Waals surface area contributed by atoms with Gasteiger partial charge in [0.15, 0.2) is 0 Å². The summed E-state index contributed by atoms with van der Waals surface area (Å²) in [4.78, 5) is 23.2. The van der Waals surface area contributed by atoms with Crippen LogP contribution in [0.1, 0.15) is 5.56 Å². The van der Waals surface area contributed by atoms with Crippen molar-refractivity contribution in [1.82, 2.24) is 0 Å². The molecule has 0 aromatic heterocycles. The number of carbonyl (C=O) groups is 1. The molecule has 0 bridgehead atoms. The van der Waals surface area contributed by atoms with E-state index in [2.05, 4.69) is 0 Å². The fourth-order valence-electron chi connectivity index (χ4n) is 2.31. The standard InChI is InChI=1S/C17H19N3O5/c1-24-16-7-5-13(6-8-16)12-19(9-10-25-17(18)21)14-3-2-4-15(11-14)20(22)23/h2-8,11H,9-10,12H2,1H3,(H2,18,21). The van der Waals surface area contributed by atoms with Gasteiger partial charge >= 0.3 is 6.09 Å². The van der Waals surface area contributed by atoms with E-state index in [0.29, 0.717) is 18.8 Å². The number of primary amides is 1. The Labute approximate surface area is 144 Å². The maximum Gasteiger partial charge on any atom is 0.404 e. The predicted octanol–water partition coefficient (Wildman–Crippen LogP) is 2.71. The summed E-state index contributed by atoms with van der Waals surface area (Å²) in [6, 6.07) is 13.8. The Kier molecular flexibility index (Phi) is 6.16. The molecule has 0 atom stereocenters. The van der Waals surface area contributed by atoms with Crippen molar-refractivity contribution in [3.05, 3.63) is 64.2 Å². The molecule has 2 aromatic carbocycles. The van der Waals surface area contributed by atoms with E-state index < -0.39 is 11.0 Å². The minimum Gasteiger partial charge on any atom is -0.497 e. The number of carbonyl (C=O) groups excluding carboxylic acids is 1. The number of anilines is 1. The molecule has 0 radical (unpaired) electrons. The predicted molar refractivity (Wildman–Crippen MR) is 92.7 cm³/mol. The number of amides is 1. The van der Waals surface area contributed by atoms with E-state index in [1.165, 1.54) is 12.1 Å². The fourth-order valence-corrected chi connectivity index (χ4v) is 2.31. The molecule has 25 heavy (non-hydrogen) atoms. The highest BCUT2D eigenvalue weighted by Crippen LogP contribution is 2.23. The Morgan fingerprint density at radius 3 is 2.56 bits per heavy atom. The molecule has 0 saturated carbocycles. The molecule has 0 aliphatic rings. The molecule has 2 aromatic rings. The molecule has 0 aliphatic heterocycles. The van der Waals surface area contributed by atoms with E-state index in [9.17, 15) is 14.9 Å². The Bertz CT molecular complexity index is 733. The van der Waals surface area contributed by atoms with Crippen molar-refractivity contribution in [2.45, 2.75) is 6.54 Å². The summed E-state index contributed by atoms with van der Waals surface area (Å²) in [5.74, 6) is 0.739.